The number of hydrazine groups is 1. The van der Waals surface area contributed by atoms with Crippen molar-refractivity contribution in [1.29, 1.82) is 0 Å². The lowest BCUT2D eigenvalue weighted by Crippen LogP contribution is -2.30. The fourth-order valence-electron chi connectivity index (χ4n) is 1.42. The Labute approximate surface area is 112 Å². The maximum absolute atomic E-state index is 11.3. The summed E-state index contributed by atoms with van der Waals surface area (Å²) in [4.78, 5) is 11.3. The molecule has 7 heteroatoms. The van der Waals surface area contributed by atoms with Crippen molar-refractivity contribution in [2.75, 3.05) is 33.5 Å². The quantitative estimate of drug-likeness (QED) is 0.278. The van der Waals surface area contributed by atoms with E-state index < -0.39 is 5.91 Å². The third-order valence-electron chi connectivity index (χ3n) is 2.35. The zero-order valence-electron chi connectivity index (χ0n) is 11.0. The molecule has 0 saturated carbocycles. The van der Waals surface area contributed by atoms with E-state index in [1.807, 2.05) is 5.43 Å². The molecule has 19 heavy (non-hydrogen) atoms. The van der Waals surface area contributed by atoms with Gasteiger partial charge in [0.25, 0.3) is 0 Å². The molecule has 0 spiro atoms. The summed E-state index contributed by atoms with van der Waals surface area (Å²) >= 11 is 0. The highest BCUT2D eigenvalue weighted by Crippen LogP contribution is 2.11. The van der Waals surface area contributed by atoms with Crippen molar-refractivity contribution < 1.29 is 23.4 Å². The molecule has 108 valence electrons. The number of hydrogen-bond acceptors (Lipinski definition) is 6. The van der Waals surface area contributed by atoms with E-state index in [0.29, 0.717) is 32.0 Å². The standard InChI is InChI=1S/C12H20N2O5/c1-16-4-2-5-17-7-8-18-9-10-3-6-19-11(10)12(15)14-13/h3,6H,2,4-5,7-9,13H2,1H3,(H,14,15). The monoisotopic (exact) mass is 272 g/mol. The Bertz CT molecular complexity index is 367. The van der Waals surface area contributed by atoms with Gasteiger partial charge in [0.1, 0.15) is 0 Å². The molecule has 1 amide bonds. The van der Waals surface area contributed by atoms with Crippen LogP contribution in [0.3, 0.4) is 0 Å². The van der Waals surface area contributed by atoms with Crippen molar-refractivity contribution >= 4 is 5.91 Å². The smallest absolute Gasteiger partial charge is 0.301 e. The predicted molar refractivity (Wildman–Crippen MR) is 67.3 cm³/mol. The van der Waals surface area contributed by atoms with Gasteiger partial charge in [0.05, 0.1) is 26.1 Å². The number of rotatable bonds is 10. The molecule has 0 aliphatic rings. The lowest BCUT2D eigenvalue weighted by Gasteiger charge is -2.05. The van der Waals surface area contributed by atoms with E-state index in [0.717, 1.165) is 6.42 Å². The van der Waals surface area contributed by atoms with Crippen LogP contribution in [0.15, 0.2) is 16.7 Å². The molecule has 7 nitrogen and oxygen atoms in total. The van der Waals surface area contributed by atoms with Gasteiger partial charge in [0.15, 0.2) is 5.76 Å². The van der Waals surface area contributed by atoms with Crippen LogP contribution in [0.4, 0.5) is 0 Å². The number of nitrogens with two attached hydrogens (primary N) is 1. The Hall–Kier alpha value is -1.41. The van der Waals surface area contributed by atoms with Crippen molar-refractivity contribution in [1.82, 2.24) is 5.43 Å². The van der Waals surface area contributed by atoms with Gasteiger partial charge in [-0.3, -0.25) is 10.2 Å². The maximum Gasteiger partial charge on any atom is 0.301 e. The van der Waals surface area contributed by atoms with Crippen LogP contribution in [-0.2, 0) is 20.8 Å². The zero-order valence-corrected chi connectivity index (χ0v) is 11.0. The summed E-state index contributed by atoms with van der Waals surface area (Å²) in [6.45, 7) is 2.56. The Morgan fingerprint density at radius 2 is 2.11 bits per heavy atom. The fourth-order valence-corrected chi connectivity index (χ4v) is 1.42. The molecule has 1 heterocycles. The van der Waals surface area contributed by atoms with Crippen molar-refractivity contribution in [2.45, 2.75) is 13.0 Å². The summed E-state index contributed by atoms with van der Waals surface area (Å²) in [6.07, 6.45) is 2.28. The van der Waals surface area contributed by atoms with Gasteiger partial charge in [-0.2, -0.15) is 0 Å². The molecule has 0 aromatic carbocycles. The lowest BCUT2D eigenvalue weighted by molar-refractivity contribution is 0.0332. The van der Waals surface area contributed by atoms with Crippen LogP contribution in [0.1, 0.15) is 22.5 Å². The summed E-state index contributed by atoms with van der Waals surface area (Å²) in [5.41, 5.74) is 2.67. The highest BCUT2D eigenvalue weighted by molar-refractivity contribution is 5.92. The van der Waals surface area contributed by atoms with Crippen LogP contribution >= 0.6 is 0 Å². The van der Waals surface area contributed by atoms with Gasteiger partial charge in [-0.1, -0.05) is 0 Å². The molecule has 3 N–H and O–H groups in total. The van der Waals surface area contributed by atoms with Crippen molar-refractivity contribution in [2.24, 2.45) is 5.84 Å². The highest BCUT2D eigenvalue weighted by atomic mass is 16.5. The van der Waals surface area contributed by atoms with E-state index in [2.05, 4.69) is 0 Å². The van der Waals surface area contributed by atoms with E-state index in [4.69, 9.17) is 24.5 Å². The third-order valence-corrected chi connectivity index (χ3v) is 2.35. The first-order valence-corrected chi connectivity index (χ1v) is 6.01. The minimum atomic E-state index is -0.473. The molecule has 1 aromatic rings. The average molecular weight is 272 g/mol. The Morgan fingerprint density at radius 1 is 1.32 bits per heavy atom. The van der Waals surface area contributed by atoms with Crippen molar-refractivity contribution in [3.05, 3.63) is 23.7 Å². The van der Waals surface area contributed by atoms with E-state index >= 15 is 0 Å². The van der Waals surface area contributed by atoms with Gasteiger partial charge in [0.2, 0.25) is 0 Å². The number of carbonyl (C=O) groups excluding carboxylic acids is 1. The zero-order chi connectivity index (χ0) is 13.9. The van der Waals surface area contributed by atoms with Crippen LogP contribution in [0, 0.1) is 0 Å². The molecule has 0 radical (unpaired) electrons. The lowest BCUT2D eigenvalue weighted by atomic mass is 10.2. The van der Waals surface area contributed by atoms with Gasteiger partial charge >= 0.3 is 5.91 Å². The Kier molecular flexibility index (Phi) is 7.83. The maximum atomic E-state index is 11.3. The van der Waals surface area contributed by atoms with Crippen LogP contribution in [0.25, 0.3) is 0 Å². The number of methoxy groups -OCH3 is 1. The first-order valence-electron chi connectivity index (χ1n) is 6.01. The first-order chi connectivity index (χ1) is 9.29. The van der Waals surface area contributed by atoms with Crippen LogP contribution in [0.2, 0.25) is 0 Å². The highest BCUT2D eigenvalue weighted by Gasteiger charge is 2.13. The first kappa shape index (κ1) is 15.6. The van der Waals surface area contributed by atoms with Crippen LogP contribution < -0.4 is 11.3 Å². The third kappa shape index (κ3) is 5.84. The predicted octanol–water partition coefficient (Wildman–Crippen LogP) is 0.453. The van der Waals surface area contributed by atoms with Crippen molar-refractivity contribution in [3.8, 4) is 0 Å². The van der Waals surface area contributed by atoms with E-state index in [9.17, 15) is 4.79 Å². The van der Waals surface area contributed by atoms with Gasteiger partial charge < -0.3 is 18.6 Å². The molecule has 0 atom stereocenters. The number of carbonyl (C=O) groups is 1. The normalized spacial score (nSPS) is 10.6. The molecule has 0 aliphatic carbocycles. The number of nitrogen functional groups attached to an aromatic ring is 1. The second-order valence-corrected chi connectivity index (χ2v) is 3.76. The van der Waals surface area contributed by atoms with E-state index in [1.54, 1.807) is 13.2 Å². The topological polar surface area (TPSA) is 95.9 Å². The summed E-state index contributed by atoms with van der Waals surface area (Å²) in [5, 5.41) is 0. The molecule has 0 saturated heterocycles. The summed E-state index contributed by atoms with van der Waals surface area (Å²) in [6, 6.07) is 1.67. The number of nitrogens with one attached hydrogen (secondary N) is 1. The molecule has 1 rings (SSSR count). The second kappa shape index (κ2) is 9.51. The molecule has 0 aliphatic heterocycles. The SMILES string of the molecule is COCCCOCCOCc1ccoc1C(=O)NN. The number of furan rings is 1. The van der Waals surface area contributed by atoms with Gasteiger partial charge in [-0.05, 0) is 12.5 Å². The average Bonchev–Trinajstić information content (AvgIpc) is 2.89. The summed E-state index contributed by atoms with van der Waals surface area (Å²) in [5.74, 6) is 4.73. The minimum Gasteiger partial charge on any atom is -0.459 e. The molecule has 0 fully saturated rings. The van der Waals surface area contributed by atoms with E-state index in [-0.39, 0.29) is 12.4 Å². The van der Waals surface area contributed by atoms with Gasteiger partial charge in [-0.15, -0.1) is 0 Å². The molecular weight excluding hydrogens is 252 g/mol. The molecule has 0 bridgehead atoms. The fraction of sp³-hybridized carbons (Fsp3) is 0.583. The molecule has 0 unspecified atom stereocenters. The second-order valence-electron chi connectivity index (χ2n) is 3.76. The molecular formula is C12H20N2O5. The number of hydrogen-bond donors (Lipinski definition) is 2. The van der Waals surface area contributed by atoms with Gasteiger partial charge in [0, 0.05) is 25.9 Å². The summed E-state index contributed by atoms with van der Waals surface area (Å²) < 4.78 is 20.6. The van der Waals surface area contributed by atoms with Gasteiger partial charge in [-0.25, -0.2) is 5.84 Å². The van der Waals surface area contributed by atoms with Crippen molar-refractivity contribution in [3.63, 3.8) is 0 Å². The number of amides is 1. The number of ether oxygens (including phenoxy) is 3. The Morgan fingerprint density at radius 3 is 2.84 bits per heavy atom. The Balaban J connectivity index is 2.13. The molecule has 1 aromatic heterocycles. The largest absolute Gasteiger partial charge is 0.459 e. The van der Waals surface area contributed by atoms with E-state index in [1.165, 1.54) is 6.26 Å². The summed E-state index contributed by atoms with van der Waals surface area (Å²) in [7, 11) is 1.66. The van der Waals surface area contributed by atoms with Crippen LogP contribution in [0.5, 0.6) is 0 Å². The van der Waals surface area contributed by atoms with Crippen LogP contribution in [-0.4, -0.2) is 39.4 Å². The minimum absolute atomic E-state index is 0.170.